The Morgan fingerprint density at radius 3 is 2.25 bits per heavy atom. The van der Waals surface area contributed by atoms with Crippen LogP contribution in [0.15, 0.2) is 37.0 Å². The second-order valence-corrected chi connectivity index (χ2v) is 5.68. The van der Waals surface area contributed by atoms with Crippen molar-refractivity contribution in [1.29, 1.82) is 0 Å². The van der Waals surface area contributed by atoms with Gasteiger partial charge in [-0.2, -0.15) is 0 Å². The number of halogens is 1. The highest BCUT2D eigenvalue weighted by Gasteiger charge is 2.29. The standard InChI is InChI=1S/C16H27N3O3.CH3Cl/c1-5-7-11(6-2)9-12(17)14(20)16(22)19-13(15(18)21)8-10(3)4;1-2/h5-7,10,12-14,20H,1-2,8-9,17H2,3-4H3,(H2,18,21)(H,19,22);1H3/p+1/b11-7+;. The molecule has 0 aromatic heterocycles. The average Bonchev–Trinajstić information content (AvgIpc) is 2.54. The van der Waals surface area contributed by atoms with Crippen LogP contribution in [0.3, 0.4) is 0 Å². The molecule has 138 valence electrons. The van der Waals surface area contributed by atoms with E-state index in [0.717, 1.165) is 5.57 Å². The van der Waals surface area contributed by atoms with Crippen molar-refractivity contribution in [2.24, 2.45) is 11.7 Å². The summed E-state index contributed by atoms with van der Waals surface area (Å²) in [5.74, 6) is -1.08. The molecule has 0 aliphatic carbocycles. The molecule has 0 bridgehead atoms. The van der Waals surface area contributed by atoms with Crippen LogP contribution in [0.4, 0.5) is 0 Å². The molecule has 0 rings (SSSR count). The summed E-state index contributed by atoms with van der Waals surface area (Å²) >= 11 is 4.64. The molecule has 0 aliphatic heterocycles. The normalized spacial score (nSPS) is 14.7. The number of carbonyl (C=O) groups is 2. The van der Waals surface area contributed by atoms with Gasteiger partial charge in [-0.25, -0.2) is 0 Å². The van der Waals surface area contributed by atoms with Gasteiger partial charge in [0, 0.05) is 12.8 Å². The van der Waals surface area contributed by atoms with Crippen LogP contribution in [0.25, 0.3) is 0 Å². The number of nitrogens with one attached hydrogen (secondary N) is 1. The number of hydrogen-bond acceptors (Lipinski definition) is 3. The zero-order chi connectivity index (χ0) is 19.3. The minimum Gasteiger partial charge on any atom is -0.378 e. The van der Waals surface area contributed by atoms with Crippen molar-refractivity contribution in [3.63, 3.8) is 0 Å². The summed E-state index contributed by atoms with van der Waals surface area (Å²) in [6, 6.07) is -1.37. The van der Waals surface area contributed by atoms with E-state index in [1.165, 1.54) is 6.38 Å². The van der Waals surface area contributed by atoms with Crippen LogP contribution in [0.2, 0.25) is 0 Å². The topological polar surface area (TPSA) is 120 Å². The minimum absolute atomic E-state index is 0.188. The molecule has 24 heavy (non-hydrogen) atoms. The van der Waals surface area contributed by atoms with Crippen LogP contribution in [-0.2, 0) is 9.59 Å². The van der Waals surface area contributed by atoms with Gasteiger partial charge in [0.1, 0.15) is 12.1 Å². The van der Waals surface area contributed by atoms with Gasteiger partial charge in [-0.3, -0.25) is 9.59 Å². The summed E-state index contributed by atoms with van der Waals surface area (Å²) in [6.45, 7) is 11.1. The number of primary amides is 1. The molecule has 0 saturated carbocycles. The maximum atomic E-state index is 12.0. The van der Waals surface area contributed by atoms with Crippen molar-refractivity contribution >= 4 is 23.4 Å². The Bertz CT molecular complexity index is 450. The smallest absolute Gasteiger partial charge is 0.255 e. The molecule has 0 aromatic rings. The Morgan fingerprint density at radius 2 is 1.88 bits per heavy atom. The first-order valence-electron chi connectivity index (χ1n) is 7.65. The Morgan fingerprint density at radius 1 is 1.33 bits per heavy atom. The predicted octanol–water partition coefficient (Wildman–Crippen LogP) is 0.518. The van der Waals surface area contributed by atoms with Crippen LogP contribution in [-0.4, -0.2) is 41.5 Å². The van der Waals surface area contributed by atoms with Gasteiger partial charge in [-0.05, 0) is 17.9 Å². The summed E-state index contributed by atoms with van der Waals surface area (Å²) in [4.78, 5) is 23.4. The lowest BCUT2D eigenvalue weighted by Crippen LogP contribution is -2.69. The second kappa shape index (κ2) is 13.8. The molecule has 0 spiro atoms. The fourth-order valence-corrected chi connectivity index (χ4v) is 1.97. The number of rotatable bonds is 10. The summed E-state index contributed by atoms with van der Waals surface area (Å²) in [5, 5.41) is 12.5. The third kappa shape index (κ3) is 10.2. The number of nitrogens with two attached hydrogens (primary N) is 1. The van der Waals surface area contributed by atoms with Crippen LogP contribution < -0.4 is 16.8 Å². The molecule has 3 atom stereocenters. The van der Waals surface area contributed by atoms with E-state index in [9.17, 15) is 14.7 Å². The largest absolute Gasteiger partial charge is 0.378 e. The van der Waals surface area contributed by atoms with Crippen molar-refractivity contribution in [3.8, 4) is 0 Å². The van der Waals surface area contributed by atoms with Crippen molar-refractivity contribution in [2.45, 2.75) is 44.9 Å². The highest BCUT2D eigenvalue weighted by Crippen LogP contribution is 2.09. The van der Waals surface area contributed by atoms with Gasteiger partial charge in [0.25, 0.3) is 5.91 Å². The van der Waals surface area contributed by atoms with Crippen LogP contribution >= 0.6 is 11.6 Å². The van der Waals surface area contributed by atoms with E-state index in [-0.39, 0.29) is 5.92 Å². The zero-order valence-corrected chi connectivity index (χ0v) is 15.6. The molecule has 6 nitrogen and oxygen atoms in total. The SMILES string of the molecule is C=C/C=C(\C=C)CC([NH3+])C(O)C(=O)NC(CC(C)C)C(N)=O.CCl. The van der Waals surface area contributed by atoms with E-state index in [0.29, 0.717) is 12.8 Å². The first kappa shape index (κ1) is 24.6. The maximum absolute atomic E-state index is 12.0. The Balaban J connectivity index is 0. The summed E-state index contributed by atoms with van der Waals surface area (Å²) < 4.78 is 0. The molecule has 0 saturated heterocycles. The number of allylic oxidation sites excluding steroid dienone is 3. The van der Waals surface area contributed by atoms with Gasteiger partial charge in [0.05, 0.1) is 0 Å². The molecule has 2 amide bonds. The molecule has 7 heteroatoms. The Hall–Kier alpha value is -1.63. The van der Waals surface area contributed by atoms with Gasteiger partial charge < -0.3 is 21.9 Å². The van der Waals surface area contributed by atoms with Gasteiger partial charge in [0.2, 0.25) is 5.91 Å². The van der Waals surface area contributed by atoms with Gasteiger partial charge in [-0.15, -0.1) is 11.6 Å². The Kier molecular flexibility index (Phi) is 14.1. The van der Waals surface area contributed by atoms with Crippen LogP contribution in [0, 0.1) is 5.92 Å². The average molecular weight is 361 g/mol. The monoisotopic (exact) mass is 360 g/mol. The molecule has 0 heterocycles. The molecule has 7 N–H and O–H groups in total. The molecular formula is C17H31ClN3O3+. The lowest BCUT2D eigenvalue weighted by atomic mass is 9.99. The van der Waals surface area contributed by atoms with E-state index in [1.807, 2.05) is 13.8 Å². The van der Waals surface area contributed by atoms with Gasteiger partial charge >= 0.3 is 0 Å². The van der Waals surface area contributed by atoms with E-state index >= 15 is 0 Å². The van der Waals surface area contributed by atoms with Crippen molar-refractivity contribution in [3.05, 3.63) is 37.0 Å². The van der Waals surface area contributed by atoms with E-state index < -0.39 is 30.0 Å². The number of amides is 2. The van der Waals surface area contributed by atoms with Crippen molar-refractivity contribution < 1.29 is 20.4 Å². The van der Waals surface area contributed by atoms with Crippen molar-refractivity contribution in [1.82, 2.24) is 5.32 Å². The Labute approximate surface area is 149 Å². The summed E-state index contributed by atoms with van der Waals surface area (Å²) in [6.07, 6.45) is 5.89. The highest BCUT2D eigenvalue weighted by atomic mass is 35.5. The lowest BCUT2D eigenvalue weighted by Gasteiger charge is -2.21. The first-order chi connectivity index (χ1) is 11.2. The number of aliphatic hydroxyl groups excluding tert-OH is 1. The number of alkyl halides is 1. The summed E-state index contributed by atoms with van der Waals surface area (Å²) in [5.41, 5.74) is 9.87. The fourth-order valence-electron chi connectivity index (χ4n) is 1.97. The zero-order valence-electron chi connectivity index (χ0n) is 14.8. The molecule has 0 aromatic carbocycles. The number of hydrogen-bond donors (Lipinski definition) is 4. The molecule has 0 fully saturated rings. The predicted molar refractivity (Wildman–Crippen MR) is 98.1 cm³/mol. The maximum Gasteiger partial charge on any atom is 0.255 e. The first-order valence-corrected chi connectivity index (χ1v) is 8.41. The lowest BCUT2D eigenvalue weighted by molar-refractivity contribution is -0.432. The third-order valence-electron chi connectivity index (χ3n) is 3.17. The van der Waals surface area contributed by atoms with Gasteiger partial charge in [0.15, 0.2) is 6.10 Å². The minimum atomic E-state index is -1.33. The van der Waals surface area contributed by atoms with E-state index in [1.54, 1.807) is 18.2 Å². The number of quaternary nitrogens is 1. The van der Waals surface area contributed by atoms with Crippen LogP contribution in [0.1, 0.15) is 26.7 Å². The third-order valence-corrected chi connectivity index (χ3v) is 3.17. The molecule has 0 radical (unpaired) electrons. The molecule has 3 unspecified atom stereocenters. The van der Waals surface area contributed by atoms with Crippen molar-refractivity contribution in [2.75, 3.05) is 6.38 Å². The number of aliphatic hydroxyl groups is 1. The van der Waals surface area contributed by atoms with E-state index in [2.05, 4.69) is 35.8 Å². The second-order valence-electron chi connectivity index (χ2n) is 5.68. The highest BCUT2D eigenvalue weighted by molar-refractivity contribution is 6.15. The summed E-state index contributed by atoms with van der Waals surface area (Å²) in [7, 11) is 0. The molecular weight excluding hydrogens is 330 g/mol. The number of carbonyl (C=O) groups excluding carboxylic acids is 2. The molecule has 0 aliphatic rings. The quantitative estimate of drug-likeness (QED) is 0.335. The van der Waals surface area contributed by atoms with Crippen LogP contribution in [0.5, 0.6) is 0 Å². The van der Waals surface area contributed by atoms with E-state index in [4.69, 9.17) is 5.73 Å². The fraction of sp³-hybridized carbons (Fsp3) is 0.529. The van der Waals surface area contributed by atoms with Gasteiger partial charge in [-0.1, -0.05) is 45.2 Å².